The van der Waals surface area contributed by atoms with Gasteiger partial charge in [-0.05, 0) is 38.0 Å². The summed E-state index contributed by atoms with van der Waals surface area (Å²) in [5.41, 5.74) is 0.559. The lowest BCUT2D eigenvalue weighted by atomic mass is 10.1. The summed E-state index contributed by atoms with van der Waals surface area (Å²) in [5.74, 6) is 1.10. The minimum Gasteiger partial charge on any atom is -0.493 e. The van der Waals surface area contributed by atoms with Gasteiger partial charge in [-0.1, -0.05) is 0 Å². The van der Waals surface area contributed by atoms with E-state index in [0.717, 1.165) is 12.8 Å². The van der Waals surface area contributed by atoms with Crippen molar-refractivity contribution in [3.05, 3.63) is 23.8 Å². The number of aliphatic hydroxyl groups is 1. The van der Waals surface area contributed by atoms with E-state index in [9.17, 15) is 9.90 Å². The molecule has 1 atom stereocenters. The molecule has 1 heterocycles. The molecule has 0 unspecified atom stereocenters. The number of ether oxygens (including phenoxy) is 2. The molecule has 1 N–H and O–H groups in total. The molecular weight excluding hydrogens is 258 g/mol. The van der Waals surface area contributed by atoms with E-state index in [-0.39, 0.29) is 5.91 Å². The molecule has 0 spiro atoms. The van der Waals surface area contributed by atoms with Crippen LogP contribution in [0, 0.1) is 0 Å². The first kappa shape index (κ1) is 14.7. The van der Waals surface area contributed by atoms with Crippen LogP contribution in [0.15, 0.2) is 18.2 Å². The quantitative estimate of drug-likeness (QED) is 0.911. The molecule has 110 valence electrons. The number of piperidine rings is 1. The highest BCUT2D eigenvalue weighted by Gasteiger charge is 2.23. The summed E-state index contributed by atoms with van der Waals surface area (Å²) in [4.78, 5) is 14.1. The van der Waals surface area contributed by atoms with E-state index in [2.05, 4.69) is 0 Å². The number of aliphatic hydroxyl groups excluding tert-OH is 1. The Morgan fingerprint density at radius 2 is 2.25 bits per heavy atom. The van der Waals surface area contributed by atoms with Crippen molar-refractivity contribution in [2.75, 3.05) is 26.8 Å². The van der Waals surface area contributed by atoms with Crippen LogP contribution in [0.25, 0.3) is 0 Å². The number of hydrogen-bond donors (Lipinski definition) is 1. The Morgan fingerprint density at radius 1 is 1.45 bits per heavy atom. The van der Waals surface area contributed by atoms with E-state index in [1.54, 1.807) is 30.2 Å². The minimum absolute atomic E-state index is 0.0765. The van der Waals surface area contributed by atoms with Crippen molar-refractivity contribution in [2.24, 2.45) is 0 Å². The number of rotatable bonds is 4. The Balaban J connectivity index is 2.19. The molecule has 1 aromatic rings. The fourth-order valence-electron chi connectivity index (χ4n) is 2.40. The van der Waals surface area contributed by atoms with Gasteiger partial charge in [-0.15, -0.1) is 0 Å². The highest BCUT2D eigenvalue weighted by Crippen LogP contribution is 2.28. The van der Waals surface area contributed by atoms with E-state index >= 15 is 0 Å². The van der Waals surface area contributed by atoms with E-state index in [1.807, 2.05) is 6.92 Å². The predicted molar refractivity (Wildman–Crippen MR) is 75.3 cm³/mol. The number of hydrogen-bond acceptors (Lipinski definition) is 4. The van der Waals surface area contributed by atoms with Crippen LogP contribution >= 0.6 is 0 Å². The Bertz CT molecular complexity index is 475. The van der Waals surface area contributed by atoms with Gasteiger partial charge < -0.3 is 19.5 Å². The zero-order valence-corrected chi connectivity index (χ0v) is 12.0. The molecule has 1 aliphatic heterocycles. The van der Waals surface area contributed by atoms with Crippen LogP contribution in [0.2, 0.25) is 0 Å². The average Bonchev–Trinajstić information content (AvgIpc) is 2.47. The standard InChI is InChI=1S/C15H21NO4/c1-3-20-14-9-11(6-7-13(14)19-2)15(18)16-8-4-5-12(17)10-16/h6-7,9,12,17H,3-5,8,10H2,1-2H3/t12-/m0/s1. The predicted octanol–water partition coefficient (Wildman–Crippen LogP) is 1.69. The molecule has 1 aliphatic rings. The first-order valence-corrected chi connectivity index (χ1v) is 6.94. The van der Waals surface area contributed by atoms with Crippen LogP contribution in [0.1, 0.15) is 30.1 Å². The third kappa shape index (κ3) is 3.22. The van der Waals surface area contributed by atoms with Crippen molar-refractivity contribution in [3.63, 3.8) is 0 Å². The summed E-state index contributed by atoms with van der Waals surface area (Å²) in [5, 5.41) is 9.66. The van der Waals surface area contributed by atoms with E-state index < -0.39 is 6.10 Å². The fraction of sp³-hybridized carbons (Fsp3) is 0.533. The van der Waals surface area contributed by atoms with Gasteiger partial charge in [-0.25, -0.2) is 0 Å². The maximum Gasteiger partial charge on any atom is 0.254 e. The second kappa shape index (κ2) is 6.61. The largest absolute Gasteiger partial charge is 0.493 e. The molecule has 0 aromatic heterocycles. The molecule has 20 heavy (non-hydrogen) atoms. The molecule has 5 nitrogen and oxygen atoms in total. The smallest absolute Gasteiger partial charge is 0.254 e. The molecule has 1 aromatic carbocycles. The van der Waals surface area contributed by atoms with E-state index in [1.165, 1.54) is 0 Å². The van der Waals surface area contributed by atoms with Crippen LogP contribution in [-0.4, -0.2) is 48.8 Å². The number of amides is 1. The Hall–Kier alpha value is -1.75. The molecule has 5 heteroatoms. The number of benzene rings is 1. The molecule has 0 radical (unpaired) electrons. The van der Waals surface area contributed by atoms with Gasteiger partial charge in [-0.3, -0.25) is 4.79 Å². The summed E-state index contributed by atoms with van der Waals surface area (Å²) in [6.07, 6.45) is 1.18. The van der Waals surface area contributed by atoms with Gasteiger partial charge in [-0.2, -0.15) is 0 Å². The van der Waals surface area contributed by atoms with Gasteiger partial charge in [0.05, 0.1) is 19.8 Å². The second-order valence-electron chi connectivity index (χ2n) is 4.85. The van der Waals surface area contributed by atoms with Crippen molar-refractivity contribution in [1.82, 2.24) is 4.90 Å². The number of β-amino-alcohol motifs (C(OH)–C–C–N with tert-alkyl or cyclic N) is 1. The summed E-state index contributed by atoms with van der Waals surface area (Å²) in [6.45, 7) is 3.48. The van der Waals surface area contributed by atoms with E-state index in [4.69, 9.17) is 9.47 Å². The maximum atomic E-state index is 12.4. The highest BCUT2D eigenvalue weighted by atomic mass is 16.5. The lowest BCUT2D eigenvalue weighted by Crippen LogP contribution is -2.42. The Morgan fingerprint density at radius 3 is 2.90 bits per heavy atom. The minimum atomic E-state index is -0.419. The molecular formula is C15H21NO4. The third-order valence-electron chi connectivity index (χ3n) is 3.39. The first-order valence-electron chi connectivity index (χ1n) is 6.94. The third-order valence-corrected chi connectivity index (χ3v) is 3.39. The van der Waals surface area contributed by atoms with Crippen molar-refractivity contribution in [2.45, 2.75) is 25.9 Å². The van der Waals surface area contributed by atoms with Gasteiger partial charge in [0.15, 0.2) is 11.5 Å². The van der Waals surface area contributed by atoms with Gasteiger partial charge >= 0.3 is 0 Å². The van der Waals surface area contributed by atoms with Crippen LogP contribution in [-0.2, 0) is 0 Å². The second-order valence-corrected chi connectivity index (χ2v) is 4.85. The topological polar surface area (TPSA) is 59.0 Å². The van der Waals surface area contributed by atoms with Crippen LogP contribution in [0.5, 0.6) is 11.5 Å². The van der Waals surface area contributed by atoms with Crippen LogP contribution < -0.4 is 9.47 Å². The van der Waals surface area contributed by atoms with Crippen molar-refractivity contribution in [1.29, 1.82) is 0 Å². The summed E-state index contributed by atoms with van der Waals surface area (Å²) >= 11 is 0. The number of carbonyl (C=O) groups excluding carboxylic acids is 1. The number of nitrogens with zero attached hydrogens (tertiary/aromatic N) is 1. The number of carbonyl (C=O) groups is 1. The molecule has 1 saturated heterocycles. The van der Waals surface area contributed by atoms with E-state index in [0.29, 0.717) is 36.8 Å². The van der Waals surface area contributed by atoms with Gasteiger partial charge in [0.2, 0.25) is 0 Å². The zero-order valence-electron chi connectivity index (χ0n) is 12.0. The monoisotopic (exact) mass is 279 g/mol. The maximum absolute atomic E-state index is 12.4. The molecule has 0 aliphatic carbocycles. The SMILES string of the molecule is CCOc1cc(C(=O)N2CCC[C@H](O)C2)ccc1OC. The molecule has 0 bridgehead atoms. The number of likely N-dealkylation sites (tertiary alicyclic amines) is 1. The average molecular weight is 279 g/mol. The Kier molecular flexibility index (Phi) is 4.84. The van der Waals surface area contributed by atoms with Crippen molar-refractivity contribution >= 4 is 5.91 Å². The summed E-state index contributed by atoms with van der Waals surface area (Å²) < 4.78 is 10.7. The fourth-order valence-corrected chi connectivity index (χ4v) is 2.40. The van der Waals surface area contributed by atoms with Crippen molar-refractivity contribution < 1.29 is 19.4 Å². The first-order chi connectivity index (χ1) is 9.65. The van der Waals surface area contributed by atoms with Crippen LogP contribution in [0.4, 0.5) is 0 Å². The summed E-state index contributed by atoms with van der Waals surface area (Å²) in [6, 6.07) is 5.16. The molecule has 1 fully saturated rings. The Labute approximate surface area is 119 Å². The molecule has 2 rings (SSSR count). The highest BCUT2D eigenvalue weighted by molar-refractivity contribution is 5.95. The summed E-state index contributed by atoms with van der Waals surface area (Å²) in [7, 11) is 1.57. The van der Waals surface area contributed by atoms with Crippen LogP contribution in [0.3, 0.4) is 0 Å². The van der Waals surface area contributed by atoms with Crippen molar-refractivity contribution in [3.8, 4) is 11.5 Å². The van der Waals surface area contributed by atoms with Gasteiger partial charge in [0.25, 0.3) is 5.91 Å². The molecule has 0 saturated carbocycles. The molecule has 1 amide bonds. The normalized spacial score (nSPS) is 18.8. The van der Waals surface area contributed by atoms with Gasteiger partial charge in [0.1, 0.15) is 0 Å². The lowest BCUT2D eigenvalue weighted by Gasteiger charge is -2.30. The lowest BCUT2D eigenvalue weighted by molar-refractivity contribution is 0.0473. The number of methoxy groups -OCH3 is 1. The zero-order chi connectivity index (χ0) is 14.5. The van der Waals surface area contributed by atoms with Gasteiger partial charge in [0, 0.05) is 18.7 Å².